The van der Waals surface area contributed by atoms with Crippen LogP contribution in [0.25, 0.3) is 0 Å². The standard InChI is InChI=1S/C9H18BO4P/c1-6-4-8(14-9(6)10)7(2)5-15(11,12)13-3/h6-9H,4-5H2,1-3H3,(H,11,12). The Morgan fingerprint density at radius 2 is 2.33 bits per heavy atom. The van der Waals surface area contributed by atoms with Crippen LogP contribution in [0.5, 0.6) is 0 Å². The minimum absolute atomic E-state index is 0.0169. The highest BCUT2D eigenvalue weighted by Crippen LogP contribution is 2.44. The molecule has 0 aromatic heterocycles. The number of hydrogen-bond acceptors (Lipinski definition) is 3. The first-order valence-corrected chi connectivity index (χ1v) is 6.90. The van der Waals surface area contributed by atoms with Gasteiger partial charge in [0.05, 0.1) is 12.3 Å². The normalized spacial score (nSPS) is 37.5. The molecule has 1 rings (SSSR count). The lowest BCUT2D eigenvalue weighted by Gasteiger charge is -2.21. The minimum Gasteiger partial charge on any atom is -0.384 e. The van der Waals surface area contributed by atoms with E-state index in [1.54, 1.807) is 0 Å². The van der Waals surface area contributed by atoms with Gasteiger partial charge in [0.1, 0.15) is 7.85 Å². The molecule has 1 N–H and O–H groups in total. The molecular formula is C9H18BO4P. The fourth-order valence-electron chi connectivity index (χ4n) is 1.81. The molecule has 0 aromatic rings. The molecule has 0 aliphatic carbocycles. The summed E-state index contributed by atoms with van der Waals surface area (Å²) >= 11 is 0. The average molecular weight is 232 g/mol. The summed E-state index contributed by atoms with van der Waals surface area (Å²) in [5.41, 5.74) is 0. The zero-order valence-corrected chi connectivity index (χ0v) is 10.3. The zero-order valence-electron chi connectivity index (χ0n) is 9.42. The van der Waals surface area contributed by atoms with E-state index < -0.39 is 7.60 Å². The van der Waals surface area contributed by atoms with Crippen molar-refractivity contribution in [2.75, 3.05) is 13.3 Å². The molecule has 5 unspecified atom stereocenters. The van der Waals surface area contributed by atoms with Gasteiger partial charge in [-0.05, 0) is 18.3 Å². The van der Waals surface area contributed by atoms with Gasteiger partial charge in [0.2, 0.25) is 0 Å². The second-order valence-corrected chi connectivity index (χ2v) is 6.34. The Kier molecular flexibility index (Phi) is 4.42. The van der Waals surface area contributed by atoms with Gasteiger partial charge in [-0.25, -0.2) is 0 Å². The van der Waals surface area contributed by atoms with Crippen LogP contribution in [0, 0.1) is 11.8 Å². The maximum Gasteiger partial charge on any atom is 0.328 e. The zero-order chi connectivity index (χ0) is 11.6. The molecule has 1 fully saturated rings. The third kappa shape index (κ3) is 3.60. The SMILES string of the molecule is [B]C1OC(C(C)CP(=O)(O)OC)CC1C. The van der Waals surface area contributed by atoms with Gasteiger partial charge in [-0.3, -0.25) is 4.57 Å². The van der Waals surface area contributed by atoms with Gasteiger partial charge in [-0.15, -0.1) is 0 Å². The van der Waals surface area contributed by atoms with Crippen molar-refractivity contribution in [2.45, 2.75) is 32.4 Å². The molecule has 15 heavy (non-hydrogen) atoms. The Morgan fingerprint density at radius 1 is 1.73 bits per heavy atom. The Labute approximate surface area is 92.3 Å². The largest absolute Gasteiger partial charge is 0.384 e. The molecule has 0 spiro atoms. The summed E-state index contributed by atoms with van der Waals surface area (Å²) in [6.07, 6.45) is 0.922. The molecule has 1 aliphatic rings. The topological polar surface area (TPSA) is 55.8 Å². The molecule has 0 saturated carbocycles. The van der Waals surface area contributed by atoms with E-state index in [4.69, 9.17) is 12.6 Å². The first-order chi connectivity index (χ1) is 6.85. The molecule has 0 amide bonds. The van der Waals surface area contributed by atoms with Crippen LogP contribution in [-0.2, 0) is 13.8 Å². The molecule has 0 bridgehead atoms. The Bertz CT molecular complexity index is 250. The summed E-state index contributed by atoms with van der Waals surface area (Å²) in [5, 5.41) is 0. The fourth-order valence-corrected chi connectivity index (χ4v) is 2.93. The molecule has 1 heterocycles. The van der Waals surface area contributed by atoms with Gasteiger partial charge in [-0.1, -0.05) is 13.8 Å². The van der Waals surface area contributed by atoms with E-state index in [0.717, 1.165) is 6.42 Å². The molecule has 2 radical (unpaired) electrons. The van der Waals surface area contributed by atoms with Crippen LogP contribution in [0.3, 0.4) is 0 Å². The maximum absolute atomic E-state index is 11.4. The van der Waals surface area contributed by atoms with Gasteiger partial charge >= 0.3 is 7.60 Å². The second kappa shape index (κ2) is 5.00. The van der Waals surface area contributed by atoms with Gasteiger partial charge in [0.15, 0.2) is 0 Å². The van der Waals surface area contributed by atoms with E-state index in [-0.39, 0.29) is 24.2 Å². The van der Waals surface area contributed by atoms with E-state index >= 15 is 0 Å². The van der Waals surface area contributed by atoms with Crippen LogP contribution < -0.4 is 0 Å². The highest BCUT2D eigenvalue weighted by atomic mass is 31.2. The van der Waals surface area contributed by atoms with Gasteiger partial charge in [-0.2, -0.15) is 0 Å². The highest BCUT2D eigenvalue weighted by molar-refractivity contribution is 7.52. The van der Waals surface area contributed by atoms with Crippen molar-refractivity contribution in [3.63, 3.8) is 0 Å². The molecule has 1 saturated heterocycles. The lowest BCUT2D eigenvalue weighted by atomic mass is 9.87. The summed E-state index contributed by atoms with van der Waals surface area (Å²) < 4.78 is 21.4. The average Bonchev–Trinajstić information content (AvgIpc) is 2.47. The molecule has 1 aliphatic heterocycles. The van der Waals surface area contributed by atoms with E-state index in [0.29, 0.717) is 5.92 Å². The van der Waals surface area contributed by atoms with Crippen molar-refractivity contribution in [1.82, 2.24) is 0 Å². The summed E-state index contributed by atoms with van der Waals surface area (Å²) in [5.74, 6) is 0.287. The Morgan fingerprint density at radius 3 is 2.73 bits per heavy atom. The van der Waals surface area contributed by atoms with Crippen molar-refractivity contribution < 1.29 is 18.7 Å². The van der Waals surface area contributed by atoms with Crippen molar-refractivity contribution in [3.8, 4) is 0 Å². The third-order valence-corrected chi connectivity index (χ3v) is 4.54. The Balaban J connectivity index is 2.49. The first-order valence-electron chi connectivity index (χ1n) is 5.14. The van der Waals surface area contributed by atoms with Gasteiger partial charge in [0, 0.05) is 13.1 Å². The third-order valence-electron chi connectivity index (χ3n) is 2.94. The van der Waals surface area contributed by atoms with E-state index in [1.807, 2.05) is 13.8 Å². The summed E-state index contributed by atoms with van der Waals surface area (Å²) in [7, 11) is 3.52. The maximum atomic E-state index is 11.4. The number of ether oxygens (including phenoxy) is 1. The molecular weight excluding hydrogens is 214 g/mol. The quantitative estimate of drug-likeness (QED) is 0.587. The summed E-state index contributed by atoms with van der Waals surface area (Å²) in [6, 6.07) is -0.252. The molecule has 6 heteroatoms. The van der Waals surface area contributed by atoms with Crippen LogP contribution in [0.15, 0.2) is 0 Å². The van der Waals surface area contributed by atoms with Crippen molar-refractivity contribution in [3.05, 3.63) is 0 Å². The fraction of sp³-hybridized carbons (Fsp3) is 1.00. The van der Waals surface area contributed by atoms with Gasteiger partial charge in [0.25, 0.3) is 0 Å². The second-order valence-electron chi connectivity index (χ2n) is 4.33. The summed E-state index contributed by atoms with van der Waals surface area (Å²) in [4.78, 5) is 9.33. The molecule has 5 atom stereocenters. The molecule has 0 aromatic carbocycles. The van der Waals surface area contributed by atoms with Crippen LogP contribution in [0.1, 0.15) is 20.3 Å². The lowest BCUT2D eigenvalue weighted by molar-refractivity contribution is 0.0520. The van der Waals surface area contributed by atoms with Gasteiger partial charge < -0.3 is 14.2 Å². The van der Waals surface area contributed by atoms with Crippen molar-refractivity contribution >= 4 is 15.4 Å². The van der Waals surface area contributed by atoms with E-state index in [1.165, 1.54) is 7.11 Å². The number of hydrogen-bond donors (Lipinski definition) is 1. The predicted octanol–water partition coefficient (Wildman–Crippen LogP) is 1.37. The van der Waals surface area contributed by atoms with E-state index in [9.17, 15) is 9.46 Å². The van der Waals surface area contributed by atoms with E-state index in [2.05, 4.69) is 4.52 Å². The highest BCUT2D eigenvalue weighted by Gasteiger charge is 2.35. The smallest absolute Gasteiger partial charge is 0.328 e. The minimum atomic E-state index is -3.44. The first kappa shape index (κ1) is 13.2. The lowest BCUT2D eigenvalue weighted by Crippen LogP contribution is -2.22. The number of rotatable bonds is 4. The van der Waals surface area contributed by atoms with Crippen LogP contribution in [0.2, 0.25) is 0 Å². The summed E-state index contributed by atoms with van der Waals surface area (Å²) in [6.45, 7) is 3.91. The van der Waals surface area contributed by atoms with Crippen LogP contribution >= 0.6 is 7.60 Å². The van der Waals surface area contributed by atoms with Crippen molar-refractivity contribution in [1.29, 1.82) is 0 Å². The predicted molar refractivity (Wildman–Crippen MR) is 59.1 cm³/mol. The van der Waals surface area contributed by atoms with Crippen LogP contribution in [-0.4, -0.2) is 38.1 Å². The monoisotopic (exact) mass is 232 g/mol. The molecule has 86 valence electrons. The Hall–Kier alpha value is 0.175. The van der Waals surface area contributed by atoms with Crippen molar-refractivity contribution in [2.24, 2.45) is 11.8 Å². The van der Waals surface area contributed by atoms with Crippen LogP contribution in [0.4, 0.5) is 0 Å². The molecule has 4 nitrogen and oxygen atoms in total.